The number of aliphatic hydroxyl groups is 1. The highest BCUT2D eigenvalue weighted by atomic mass is 32.2. The van der Waals surface area contributed by atoms with Crippen molar-refractivity contribution in [2.45, 2.75) is 42.0 Å². The molecule has 0 radical (unpaired) electrons. The average molecular weight is 465 g/mol. The normalized spacial score (nSPS) is 24.2. The molecule has 1 saturated heterocycles. The van der Waals surface area contributed by atoms with Crippen molar-refractivity contribution >= 4 is 21.6 Å². The minimum absolute atomic E-state index is 0.0535. The number of rotatable bonds is 6. The molecule has 0 saturated carbocycles. The van der Waals surface area contributed by atoms with Crippen LogP contribution < -0.4 is 9.46 Å². The molecule has 0 aliphatic carbocycles. The van der Waals surface area contributed by atoms with Gasteiger partial charge in [0.25, 0.3) is 10.0 Å². The average Bonchev–Trinajstić information content (AvgIpc) is 3.11. The topological polar surface area (TPSA) is 105 Å². The van der Waals surface area contributed by atoms with Gasteiger partial charge in [-0.15, -0.1) is 0 Å². The van der Waals surface area contributed by atoms with Crippen LogP contribution in [0.4, 0.5) is 10.1 Å². The summed E-state index contributed by atoms with van der Waals surface area (Å²) in [6, 6.07) is 9.51. The summed E-state index contributed by atoms with van der Waals surface area (Å²) in [6.07, 6.45) is -0.733. The molecule has 4 rings (SSSR count). The number of nitrogens with zero attached hydrogens (tertiary/aromatic N) is 1. The molecule has 2 aliphatic heterocycles. The number of hydrogen-bond acceptors (Lipinski definition) is 6. The quantitative estimate of drug-likeness (QED) is 0.679. The van der Waals surface area contributed by atoms with E-state index in [-0.39, 0.29) is 29.7 Å². The first kappa shape index (κ1) is 22.5. The van der Waals surface area contributed by atoms with Crippen LogP contribution in [0.2, 0.25) is 0 Å². The fraction of sp³-hybridized carbons (Fsp3) is 0.409. The molecule has 172 valence electrons. The highest BCUT2D eigenvalue weighted by molar-refractivity contribution is 7.92. The van der Waals surface area contributed by atoms with Crippen molar-refractivity contribution in [2.75, 3.05) is 25.4 Å². The Hall–Kier alpha value is -2.69. The molecular weight excluding hydrogens is 439 g/mol. The molecule has 1 fully saturated rings. The van der Waals surface area contributed by atoms with Gasteiger partial charge in [0.15, 0.2) is 0 Å². The molecule has 1 amide bonds. The van der Waals surface area contributed by atoms with Crippen molar-refractivity contribution in [1.29, 1.82) is 0 Å². The maximum absolute atomic E-state index is 13.1. The number of hydrogen-bond donors (Lipinski definition) is 2. The minimum Gasteiger partial charge on any atom is -0.487 e. The third kappa shape index (κ3) is 4.43. The van der Waals surface area contributed by atoms with Crippen molar-refractivity contribution in [3.05, 3.63) is 53.8 Å². The third-order valence-corrected chi connectivity index (χ3v) is 7.17. The maximum atomic E-state index is 13.1. The molecule has 32 heavy (non-hydrogen) atoms. The second-order valence-electron chi connectivity index (χ2n) is 8.21. The minimum atomic E-state index is -3.90. The second kappa shape index (κ2) is 8.68. The lowest BCUT2D eigenvalue weighted by molar-refractivity contribution is -0.147. The van der Waals surface area contributed by atoms with E-state index in [1.807, 2.05) is 0 Å². The highest BCUT2D eigenvalue weighted by Gasteiger charge is 2.46. The van der Waals surface area contributed by atoms with Crippen molar-refractivity contribution in [3.8, 4) is 5.75 Å². The van der Waals surface area contributed by atoms with E-state index in [1.54, 1.807) is 32.3 Å². The van der Waals surface area contributed by atoms with Gasteiger partial charge in [-0.25, -0.2) is 12.8 Å². The van der Waals surface area contributed by atoms with E-state index in [1.165, 1.54) is 17.0 Å². The van der Waals surface area contributed by atoms with Gasteiger partial charge in [-0.3, -0.25) is 9.52 Å². The van der Waals surface area contributed by atoms with Crippen LogP contribution in [0, 0.1) is 5.82 Å². The Balaban J connectivity index is 1.57. The van der Waals surface area contributed by atoms with E-state index in [0.29, 0.717) is 17.9 Å². The number of carbonyl (C=O) groups is 1. The second-order valence-corrected chi connectivity index (χ2v) is 9.89. The molecule has 0 unspecified atom stereocenters. The Kier molecular flexibility index (Phi) is 6.11. The first-order valence-corrected chi connectivity index (χ1v) is 11.7. The summed E-state index contributed by atoms with van der Waals surface area (Å²) >= 11 is 0. The number of nitrogens with one attached hydrogen (secondary N) is 1. The number of benzene rings is 2. The molecule has 2 aliphatic rings. The van der Waals surface area contributed by atoms with Gasteiger partial charge in [-0.05, 0) is 48.9 Å². The van der Waals surface area contributed by atoms with Crippen molar-refractivity contribution in [3.63, 3.8) is 0 Å². The largest absolute Gasteiger partial charge is 0.487 e. The molecule has 8 nitrogen and oxygen atoms in total. The zero-order valence-corrected chi connectivity index (χ0v) is 18.5. The van der Waals surface area contributed by atoms with Crippen molar-refractivity contribution in [2.24, 2.45) is 0 Å². The van der Waals surface area contributed by atoms with Crippen molar-refractivity contribution in [1.82, 2.24) is 4.90 Å². The molecule has 0 aromatic heterocycles. The number of carbonyl (C=O) groups excluding carboxylic acids is 1. The third-order valence-electron chi connectivity index (χ3n) is 5.78. The standard InChI is InChI=1S/C22H25FN2O6S/c1-25(2)21(27)11-15-10-18-17-9-14(5-8-19(17)31-22(18)20(12-26)30-15)24-32(28,29)16-6-3-13(23)4-7-16/h3-9,15,18,20,22,24,26H,10-12H2,1-2H3/t15-,18+,20+,22-/m0/s1. The summed E-state index contributed by atoms with van der Waals surface area (Å²) in [6.45, 7) is -0.258. The van der Waals surface area contributed by atoms with Gasteiger partial charge in [0.1, 0.15) is 23.8 Å². The highest BCUT2D eigenvalue weighted by Crippen LogP contribution is 2.47. The number of ether oxygens (including phenoxy) is 2. The Morgan fingerprint density at radius 1 is 1.22 bits per heavy atom. The molecule has 4 atom stereocenters. The molecule has 10 heteroatoms. The van der Waals surface area contributed by atoms with Crippen LogP contribution in [0.25, 0.3) is 0 Å². The molecule has 2 N–H and O–H groups in total. The van der Waals surface area contributed by atoms with Crippen LogP contribution in [0.3, 0.4) is 0 Å². The van der Waals surface area contributed by atoms with E-state index in [4.69, 9.17) is 9.47 Å². The van der Waals surface area contributed by atoms with E-state index in [9.17, 15) is 22.7 Å². The SMILES string of the molecule is CN(C)C(=O)C[C@@H]1C[C@@H]2c3cc(NS(=O)(=O)c4ccc(F)cc4)ccc3O[C@@H]2[C@@H](CO)O1. The fourth-order valence-electron chi connectivity index (χ4n) is 4.16. The molecule has 2 aromatic rings. The van der Waals surface area contributed by atoms with E-state index in [2.05, 4.69) is 4.72 Å². The number of sulfonamides is 1. The Labute approximate surface area is 186 Å². The zero-order valence-electron chi connectivity index (χ0n) is 17.7. The summed E-state index contributed by atoms with van der Waals surface area (Å²) < 4.78 is 52.9. The number of aliphatic hydroxyl groups excluding tert-OH is 1. The number of anilines is 1. The van der Waals surface area contributed by atoms with Crippen LogP contribution in [0.1, 0.15) is 24.3 Å². The number of halogens is 1. The Bertz CT molecular complexity index is 1110. The van der Waals surface area contributed by atoms with E-state index >= 15 is 0 Å². The summed E-state index contributed by atoms with van der Waals surface area (Å²) in [5.74, 6) is -0.174. The summed E-state index contributed by atoms with van der Waals surface area (Å²) in [5, 5.41) is 9.81. The smallest absolute Gasteiger partial charge is 0.261 e. The molecule has 2 heterocycles. The lowest BCUT2D eigenvalue weighted by Crippen LogP contribution is -2.47. The van der Waals surface area contributed by atoms with Gasteiger partial charge >= 0.3 is 0 Å². The number of amides is 1. The maximum Gasteiger partial charge on any atom is 0.261 e. The lowest BCUT2D eigenvalue weighted by atomic mass is 9.84. The Morgan fingerprint density at radius 3 is 2.59 bits per heavy atom. The van der Waals surface area contributed by atoms with Gasteiger partial charge in [-0.2, -0.15) is 0 Å². The van der Waals surface area contributed by atoms with Gasteiger partial charge in [0.05, 0.1) is 24.0 Å². The van der Waals surface area contributed by atoms with E-state index in [0.717, 1.165) is 17.7 Å². The van der Waals surface area contributed by atoms with Crippen LogP contribution in [0.15, 0.2) is 47.4 Å². The summed E-state index contributed by atoms with van der Waals surface area (Å²) in [4.78, 5) is 13.6. The van der Waals surface area contributed by atoms with Crippen molar-refractivity contribution < 1.29 is 32.2 Å². The number of fused-ring (bicyclic) bond motifs is 3. The van der Waals surface area contributed by atoms with Gasteiger partial charge in [-0.1, -0.05) is 0 Å². The van der Waals surface area contributed by atoms with Gasteiger partial charge in [0, 0.05) is 31.3 Å². The van der Waals surface area contributed by atoms with Gasteiger partial charge in [0.2, 0.25) is 5.91 Å². The molecule has 0 bridgehead atoms. The predicted molar refractivity (Wildman–Crippen MR) is 114 cm³/mol. The van der Waals surface area contributed by atoms with Crippen LogP contribution in [0.5, 0.6) is 5.75 Å². The predicted octanol–water partition coefficient (Wildman–Crippen LogP) is 2.10. The van der Waals surface area contributed by atoms with E-state index < -0.39 is 34.2 Å². The van der Waals surface area contributed by atoms with Crippen LogP contribution in [-0.2, 0) is 19.6 Å². The van der Waals surface area contributed by atoms with Gasteiger partial charge < -0.3 is 19.5 Å². The molecule has 0 spiro atoms. The monoisotopic (exact) mass is 464 g/mol. The molecule has 2 aromatic carbocycles. The summed E-state index contributed by atoms with van der Waals surface area (Å²) in [5.41, 5.74) is 1.13. The zero-order chi connectivity index (χ0) is 23.0. The molecular formula is C22H25FN2O6S. The fourth-order valence-corrected chi connectivity index (χ4v) is 5.21. The first-order chi connectivity index (χ1) is 15.2. The van der Waals surface area contributed by atoms with Crippen LogP contribution in [-0.4, -0.2) is 63.3 Å². The Morgan fingerprint density at radius 2 is 1.94 bits per heavy atom. The summed E-state index contributed by atoms with van der Waals surface area (Å²) in [7, 11) is -0.558. The van der Waals surface area contributed by atoms with Crippen LogP contribution >= 0.6 is 0 Å². The lowest BCUT2D eigenvalue weighted by Gasteiger charge is -2.37. The first-order valence-electron chi connectivity index (χ1n) is 10.2.